The van der Waals surface area contributed by atoms with Crippen molar-refractivity contribution in [2.24, 2.45) is 11.8 Å². The number of nitrogens with zero attached hydrogens (tertiary/aromatic N) is 1. The number of likely N-dealkylation sites (tertiary alicyclic amines) is 1. The molecule has 2 aliphatic rings. The lowest BCUT2D eigenvalue weighted by Crippen LogP contribution is -2.44. The second-order valence-electron chi connectivity index (χ2n) is 6.19. The largest absolute Gasteiger partial charge is 0.358 e. The molecule has 1 aliphatic heterocycles. The summed E-state index contributed by atoms with van der Waals surface area (Å²) < 4.78 is 0.891. The van der Waals surface area contributed by atoms with E-state index in [4.69, 9.17) is 12.2 Å². The summed E-state index contributed by atoms with van der Waals surface area (Å²) in [5.41, 5.74) is 0. The van der Waals surface area contributed by atoms with Crippen LogP contribution in [0.3, 0.4) is 0 Å². The fourth-order valence-corrected chi connectivity index (χ4v) is 4.21. The van der Waals surface area contributed by atoms with E-state index in [0.717, 1.165) is 23.8 Å². The predicted octanol–water partition coefficient (Wildman–Crippen LogP) is 3.04. The van der Waals surface area contributed by atoms with Crippen LogP contribution >= 0.6 is 24.0 Å². The molecule has 0 aromatic heterocycles. The lowest BCUT2D eigenvalue weighted by Gasteiger charge is -2.34. The molecule has 0 bridgehead atoms. The molecule has 1 saturated heterocycles. The van der Waals surface area contributed by atoms with Gasteiger partial charge in [-0.3, -0.25) is 4.79 Å². The van der Waals surface area contributed by atoms with Crippen molar-refractivity contribution >= 4 is 34.2 Å². The van der Waals surface area contributed by atoms with Crippen LogP contribution in [0.1, 0.15) is 46.0 Å². The van der Waals surface area contributed by atoms with E-state index in [1.54, 1.807) is 0 Å². The number of rotatable bonds is 3. The van der Waals surface area contributed by atoms with Gasteiger partial charge in [-0.2, -0.15) is 0 Å². The van der Waals surface area contributed by atoms with Crippen LogP contribution in [0.15, 0.2) is 0 Å². The van der Waals surface area contributed by atoms with Crippen LogP contribution in [0.4, 0.5) is 0 Å². The predicted molar refractivity (Wildman–Crippen MR) is 90.0 cm³/mol. The second-order valence-corrected chi connectivity index (χ2v) is 7.80. The van der Waals surface area contributed by atoms with E-state index in [2.05, 4.69) is 24.1 Å². The van der Waals surface area contributed by atoms with E-state index in [1.807, 2.05) is 0 Å². The Morgan fingerprint density at radius 2 is 1.95 bits per heavy atom. The summed E-state index contributed by atoms with van der Waals surface area (Å²) in [5.74, 6) is 1.91. The lowest BCUT2D eigenvalue weighted by atomic mass is 9.78. The molecule has 0 aromatic carbocycles. The average molecular weight is 315 g/mol. The smallest absolute Gasteiger partial charge is 0.230 e. The van der Waals surface area contributed by atoms with Crippen LogP contribution in [0, 0.1) is 11.8 Å². The van der Waals surface area contributed by atoms with Crippen molar-refractivity contribution in [1.82, 2.24) is 10.2 Å². The first kappa shape index (κ1) is 16.1. The zero-order valence-corrected chi connectivity index (χ0v) is 14.2. The minimum absolute atomic E-state index is 0.141. The lowest BCUT2D eigenvalue weighted by molar-refractivity contribution is -0.119. The highest BCUT2D eigenvalue weighted by Gasteiger charge is 2.28. The minimum Gasteiger partial charge on any atom is -0.358 e. The van der Waals surface area contributed by atoms with Crippen molar-refractivity contribution in [2.75, 3.05) is 18.8 Å². The SMILES string of the molecule is CC1CCCC(NC(=O)CSC(=S)N2CCCC2)C1C. The van der Waals surface area contributed by atoms with Gasteiger partial charge in [-0.25, -0.2) is 0 Å². The van der Waals surface area contributed by atoms with Crippen molar-refractivity contribution < 1.29 is 4.79 Å². The Morgan fingerprint density at radius 3 is 2.65 bits per heavy atom. The first-order valence-electron chi connectivity index (χ1n) is 7.79. The van der Waals surface area contributed by atoms with E-state index in [1.165, 1.54) is 37.4 Å². The summed E-state index contributed by atoms with van der Waals surface area (Å²) in [4.78, 5) is 14.3. The van der Waals surface area contributed by atoms with E-state index < -0.39 is 0 Å². The highest BCUT2D eigenvalue weighted by atomic mass is 32.2. The zero-order chi connectivity index (χ0) is 14.5. The molecule has 0 radical (unpaired) electrons. The molecular weight excluding hydrogens is 288 g/mol. The van der Waals surface area contributed by atoms with Crippen molar-refractivity contribution in [3.8, 4) is 0 Å². The van der Waals surface area contributed by atoms with Crippen LogP contribution in [-0.2, 0) is 4.79 Å². The maximum absolute atomic E-state index is 12.1. The highest BCUT2D eigenvalue weighted by Crippen LogP contribution is 2.29. The quantitative estimate of drug-likeness (QED) is 0.812. The summed E-state index contributed by atoms with van der Waals surface area (Å²) in [6, 6.07) is 0.354. The molecule has 1 saturated carbocycles. The van der Waals surface area contributed by atoms with Crippen LogP contribution in [0.25, 0.3) is 0 Å². The van der Waals surface area contributed by atoms with Gasteiger partial charge >= 0.3 is 0 Å². The summed E-state index contributed by atoms with van der Waals surface area (Å²) in [6.07, 6.45) is 6.10. The maximum atomic E-state index is 12.1. The molecule has 5 heteroatoms. The van der Waals surface area contributed by atoms with Gasteiger partial charge in [0.25, 0.3) is 0 Å². The molecule has 3 unspecified atom stereocenters. The van der Waals surface area contributed by atoms with Crippen LogP contribution in [0.5, 0.6) is 0 Å². The van der Waals surface area contributed by atoms with Crippen LogP contribution in [-0.4, -0.2) is 40.0 Å². The highest BCUT2D eigenvalue weighted by molar-refractivity contribution is 8.23. The number of hydrogen-bond acceptors (Lipinski definition) is 3. The first-order chi connectivity index (χ1) is 9.58. The van der Waals surface area contributed by atoms with E-state index in [-0.39, 0.29) is 5.91 Å². The van der Waals surface area contributed by atoms with Crippen LogP contribution < -0.4 is 5.32 Å². The Labute approximate surface area is 132 Å². The normalized spacial score (nSPS) is 30.3. The Balaban J connectivity index is 1.70. The molecule has 2 fully saturated rings. The van der Waals surface area contributed by atoms with E-state index in [0.29, 0.717) is 23.6 Å². The summed E-state index contributed by atoms with van der Waals surface area (Å²) in [6.45, 7) is 6.67. The zero-order valence-electron chi connectivity index (χ0n) is 12.6. The molecule has 2 rings (SSSR count). The van der Waals surface area contributed by atoms with Gasteiger partial charge in [0.05, 0.1) is 5.75 Å². The molecular formula is C15H26N2OS2. The Kier molecular flexibility index (Phi) is 6.15. The number of amides is 1. The van der Waals surface area contributed by atoms with Gasteiger partial charge in [0.15, 0.2) is 0 Å². The third kappa shape index (κ3) is 4.35. The van der Waals surface area contributed by atoms with Crippen LogP contribution in [0.2, 0.25) is 0 Å². The van der Waals surface area contributed by atoms with Gasteiger partial charge in [-0.1, -0.05) is 50.7 Å². The fourth-order valence-electron chi connectivity index (χ4n) is 3.15. The van der Waals surface area contributed by atoms with Crippen molar-refractivity contribution in [3.05, 3.63) is 0 Å². The Morgan fingerprint density at radius 1 is 1.25 bits per heavy atom. The maximum Gasteiger partial charge on any atom is 0.230 e. The van der Waals surface area contributed by atoms with Gasteiger partial charge in [0, 0.05) is 19.1 Å². The number of nitrogens with one attached hydrogen (secondary N) is 1. The second kappa shape index (κ2) is 7.64. The first-order valence-corrected chi connectivity index (χ1v) is 9.18. The van der Waals surface area contributed by atoms with E-state index >= 15 is 0 Å². The number of hydrogen-bond donors (Lipinski definition) is 1. The standard InChI is InChI=1S/C15H26N2OS2/c1-11-6-5-7-13(12(11)2)16-14(18)10-20-15(19)17-8-3-4-9-17/h11-13H,3-10H2,1-2H3,(H,16,18). The van der Waals surface area contributed by atoms with Gasteiger partial charge in [0.2, 0.25) is 5.91 Å². The molecule has 3 atom stereocenters. The van der Waals surface area contributed by atoms with Crippen molar-refractivity contribution in [3.63, 3.8) is 0 Å². The number of thioether (sulfide) groups is 1. The minimum atomic E-state index is 0.141. The average Bonchev–Trinajstić information content (AvgIpc) is 2.95. The summed E-state index contributed by atoms with van der Waals surface area (Å²) in [5, 5.41) is 3.21. The Hall–Kier alpha value is -0.290. The molecule has 0 spiro atoms. The summed E-state index contributed by atoms with van der Waals surface area (Å²) in [7, 11) is 0. The third-order valence-electron chi connectivity index (χ3n) is 4.74. The topological polar surface area (TPSA) is 32.3 Å². The van der Waals surface area contributed by atoms with Gasteiger partial charge in [-0.05, 0) is 31.1 Å². The molecule has 1 heterocycles. The monoisotopic (exact) mass is 314 g/mol. The summed E-state index contributed by atoms with van der Waals surface area (Å²) >= 11 is 6.91. The molecule has 114 valence electrons. The molecule has 1 N–H and O–H groups in total. The molecule has 3 nitrogen and oxygen atoms in total. The number of carbonyl (C=O) groups excluding carboxylic acids is 1. The molecule has 1 aliphatic carbocycles. The van der Waals surface area contributed by atoms with Crippen molar-refractivity contribution in [2.45, 2.75) is 52.0 Å². The van der Waals surface area contributed by atoms with E-state index in [9.17, 15) is 4.79 Å². The number of thiocarbonyl (C=S) groups is 1. The molecule has 0 aromatic rings. The van der Waals surface area contributed by atoms with Crippen molar-refractivity contribution in [1.29, 1.82) is 0 Å². The van der Waals surface area contributed by atoms with Gasteiger partial charge in [-0.15, -0.1) is 0 Å². The van der Waals surface area contributed by atoms with Gasteiger partial charge in [0.1, 0.15) is 4.32 Å². The van der Waals surface area contributed by atoms with Gasteiger partial charge < -0.3 is 10.2 Å². The number of carbonyl (C=O) groups is 1. The molecule has 1 amide bonds. The Bertz CT molecular complexity index is 356. The molecule has 20 heavy (non-hydrogen) atoms. The third-order valence-corrected chi connectivity index (χ3v) is 6.27. The fraction of sp³-hybridized carbons (Fsp3) is 0.867.